The molecule has 0 aliphatic carbocycles. The molecule has 0 saturated carbocycles. The highest BCUT2D eigenvalue weighted by Gasteiger charge is 2.12. The van der Waals surface area contributed by atoms with Gasteiger partial charge in [-0.2, -0.15) is 5.10 Å². The van der Waals surface area contributed by atoms with Crippen LogP contribution in [0.1, 0.15) is 6.92 Å². The molecule has 0 radical (unpaired) electrons. The zero-order chi connectivity index (χ0) is 11.3. The summed E-state index contributed by atoms with van der Waals surface area (Å²) in [5, 5.41) is 12.8. The topological polar surface area (TPSA) is 58.4 Å². The number of carboxylic acids is 1. The third-order valence-corrected chi connectivity index (χ3v) is 2.28. The molecule has 0 bridgehead atoms. The molecule has 0 fully saturated rings. The Morgan fingerprint density at radius 3 is 2.93 bits per heavy atom. The molecule has 0 aromatic carbocycles. The summed E-state index contributed by atoms with van der Waals surface area (Å²) in [6, 6.07) is 1.87. The Bertz CT molecular complexity index is 298. The molecule has 0 saturated heterocycles. The second-order valence-corrected chi connectivity index (χ2v) is 3.77. The highest BCUT2D eigenvalue weighted by molar-refractivity contribution is 5.69. The lowest BCUT2D eigenvalue weighted by atomic mass is 10.2. The van der Waals surface area contributed by atoms with Crippen molar-refractivity contribution in [3.8, 4) is 0 Å². The number of carboxylic acid groups (broad SMARTS) is 1. The van der Waals surface area contributed by atoms with Crippen molar-refractivity contribution in [2.45, 2.75) is 13.5 Å². The molecule has 5 nitrogen and oxygen atoms in total. The Hall–Kier alpha value is -1.36. The quantitative estimate of drug-likeness (QED) is 0.746. The highest BCUT2D eigenvalue weighted by atomic mass is 16.4. The van der Waals surface area contributed by atoms with Crippen LogP contribution in [0.4, 0.5) is 0 Å². The fourth-order valence-electron chi connectivity index (χ4n) is 1.34. The van der Waals surface area contributed by atoms with E-state index >= 15 is 0 Å². The summed E-state index contributed by atoms with van der Waals surface area (Å²) in [7, 11) is 1.92. The highest BCUT2D eigenvalue weighted by Crippen LogP contribution is 1.98. The van der Waals surface area contributed by atoms with E-state index in [4.69, 9.17) is 5.11 Å². The second kappa shape index (κ2) is 5.50. The van der Waals surface area contributed by atoms with E-state index in [9.17, 15) is 4.79 Å². The minimum Gasteiger partial charge on any atom is -0.481 e. The minimum absolute atomic E-state index is 0.326. The first-order valence-corrected chi connectivity index (χ1v) is 4.98. The summed E-state index contributed by atoms with van der Waals surface area (Å²) in [4.78, 5) is 12.6. The summed E-state index contributed by atoms with van der Waals surface area (Å²) in [6.07, 6.45) is 3.63. The molecule has 1 rings (SSSR count). The first-order chi connectivity index (χ1) is 7.09. The van der Waals surface area contributed by atoms with Gasteiger partial charge in [0.05, 0.1) is 12.5 Å². The molecule has 0 amide bonds. The van der Waals surface area contributed by atoms with Crippen LogP contribution in [-0.2, 0) is 11.3 Å². The van der Waals surface area contributed by atoms with Crippen LogP contribution in [-0.4, -0.2) is 45.9 Å². The first kappa shape index (κ1) is 11.7. The molecule has 1 unspecified atom stereocenters. The molecule has 0 aliphatic heterocycles. The number of aliphatic carboxylic acids is 1. The molecule has 0 aliphatic rings. The van der Waals surface area contributed by atoms with Gasteiger partial charge >= 0.3 is 5.97 Å². The van der Waals surface area contributed by atoms with Crippen LogP contribution in [0.2, 0.25) is 0 Å². The average molecular weight is 211 g/mol. The zero-order valence-electron chi connectivity index (χ0n) is 9.13. The number of nitrogens with zero attached hydrogens (tertiary/aromatic N) is 3. The maximum atomic E-state index is 10.6. The van der Waals surface area contributed by atoms with Gasteiger partial charge in [-0.3, -0.25) is 9.48 Å². The molecule has 5 heteroatoms. The third kappa shape index (κ3) is 4.12. The molecule has 1 aromatic heterocycles. The molecule has 84 valence electrons. The standard InChI is InChI=1S/C10H17N3O2/c1-9(10(14)15)8-12(2)6-7-13-5-3-4-11-13/h3-5,9H,6-8H2,1-2H3,(H,14,15). The monoisotopic (exact) mass is 211 g/mol. The number of likely N-dealkylation sites (N-methyl/N-ethyl adjacent to an activating group) is 1. The van der Waals surface area contributed by atoms with Gasteiger partial charge in [-0.05, 0) is 13.1 Å². The van der Waals surface area contributed by atoms with Crippen LogP contribution >= 0.6 is 0 Å². The second-order valence-electron chi connectivity index (χ2n) is 3.77. The van der Waals surface area contributed by atoms with Crippen molar-refractivity contribution in [1.29, 1.82) is 0 Å². The largest absolute Gasteiger partial charge is 0.481 e. The van der Waals surface area contributed by atoms with Crippen molar-refractivity contribution in [2.24, 2.45) is 5.92 Å². The molecule has 0 spiro atoms. The SMILES string of the molecule is CC(CN(C)CCn1cccn1)C(=O)O. The van der Waals surface area contributed by atoms with Crippen LogP contribution in [0.25, 0.3) is 0 Å². The van der Waals surface area contributed by atoms with E-state index < -0.39 is 5.97 Å². The van der Waals surface area contributed by atoms with Crippen LogP contribution in [0.15, 0.2) is 18.5 Å². The van der Waals surface area contributed by atoms with Crippen molar-refractivity contribution in [3.05, 3.63) is 18.5 Å². The molecule has 1 heterocycles. The Kier molecular flexibility index (Phi) is 4.30. The van der Waals surface area contributed by atoms with E-state index in [-0.39, 0.29) is 5.92 Å². The van der Waals surface area contributed by atoms with E-state index in [1.807, 2.05) is 28.9 Å². The van der Waals surface area contributed by atoms with E-state index in [0.29, 0.717) is 6.54 Å². The number of carbonyl (C=O) groups is 1. The van der Waals surface area contributed by atoms with Crippen LogP contribution in [0.3, 0.4) is 0 Å². The summed E-state index contributed by atoms with van der Waals surface area (Å²) in [5.74, 6) is -1.08. The van der Waals surface area contributed by atoms with E-state index in [2.05, 4.69) is 5.10 Å². The minimum atomic E-state index is -0.749. The predicted octanol–water partition coefficient (Wildman–Crippen LogP) is 0.536. The van der Waals surface area contributed by atoms with Gasteiger partial charge in [-0.15, -0.1) is 0 Å². The molecule has 15 heavy (non-hydrogen) atoms. The molecular weight excluding hydrogens is 194 g/mol. The lowest BCUT2D eigenvalue weighted by Gasteiger charge is -2.18. The average Bonchev–Trinajstić information content (AvgIpc) is 2.66. The number of aromatic nitrogens is 2. The Balaban J connectivity index is 2.24. The number of rotatable bonds is 6. The molecule has 1 N–H and O–H groups in total. The fraction of sp³-hybridized carbons (Fsp3) is 0.600. The maximum absolute atomic E-state index is 10.6. The van der Waals surface area contributed by atoms with E-state index in [1.54, 1.807) is 13.1 Å². The normalized spacial score (nSPS) is 13.0. The Labute approximate surface area is 89.3 Å². The van der Waals surface area contributed by atoms with Crippen molar-refractivity contribution in [3.63, 3.8) is 0 Å². The summed E-state index contributed by atoms with van der Waals surface area (Å²) in [5.41, 5.74) is 0. The van der Waals surface area contributed by atoms with Crippen molar-refractivity contribution < 1.29 is 9.90 Å². The van der Waals surface area contributed by atoms with Gasteiger partial charge in [-0.1, -0.05) is 6.92 Å². The fourth-order valence-corrected chi connectivity index (χ4v) is 1.34. The van der Waals surface area contributed by atoms with Crippen molar-refractivity contribution in [2.75, 3.05) is 20.1 Å². The van der Waals surface area contributed by atoms with Crippen LogP contribution in [0, 0.1) is 5.92 Å². The predicted molar refractivity (Wildman–Crippen MR) is 56.5 cm³/mol. The van der Waals surface area contributed by atoms with Gasteiger partial charge < -0.3 is 10.0 Å². The Morgan fingerprint density at radius 2 is 2.40 bits per heavy atom. The van der Waals surface area contributed by atoms with Gasteiger partial charge in [-0.25, -0.2) is 0 Å². The smallest absolute Gasteiger partial charge is 0.307 e. The van der Waals surface area contributed by atoms with Gasteiger partial charge in [0.15, 0.2) is 0 Å². The molecular formula is C10H17N3O2. The maximum Gasteiger partial charge on any atom is 0.307 e. The summed E-state index contributed by atoms with van der Waals surface area (Å²) in [6.45, 7) is 3.87. The molecule has 1 aromatic rings. The summed E-state index contributed by atoms with van der Waals surface area (Å²) >= 11 is 0. The zero-order valence-corrected chi connectivity index (χ0v) is 9.13. The number of hydrogen-bond acceptors (Lipinski definition) is 3. The Morgan fingerprint density at radius 1 is 1.67 bits per heavy atom. The molecule has 1 atom stereocenters. The number of hydrogen-bond donors (Lipinski definition) is 1. The summed E-state index contributed by atoms with van der Waals surface area (Å²) < 4.78 is 1.84. The lowest BCUT2D eigenvalue weighted by molar-refractivity contribution is -0.141. The lowest BCUT2D eigenvalue weighted by Crippen LogP contribution is -2.31. The van der Waals surface area contributed by atoms with Crippen molar-refractivity contribution >= 4 is 5.97 Å². The van der Waals surface area contributed by atoms with Gasteiger partial charge in [0, 0.05) is 25.5 Å². The third-order valence-electron chi connectivity index (χ3n) is 2.28. The van der Waals surface area contributed by atoms with Crippen molar-refractivity contribution in [1.82, 2.24) is 14.7 Å². The van der Waals surface area contributed by atoms with Gasteiger partial charge in [0.25, 0.3) is 0 Å². The van der Waals surface area contributed by atoms with E-state index in [0.717, 1.165) is 13.1 Å². The first-order valence-electron chi connectivity index (χ1n) is 4.98. The van der Waals surface area contributed by atoms with Gasteiger partial charge in [0.2, 0.25) is 0 Å². The van der Waals surface area contributed by atoms with E-state index in [1.165, 1.54) is 0 Å². The van der Waals surface area contributed by atoms with Crippen LogP contribution < -0.4 is 0 Å². The van der Waals surface area contributed by atoms with Crippen LogP contribution in [0.5, 0.6) is 0 Å². The van der Waals surface area contributed by atoms with Gasteiger partial charge in [0.1, 0.15) is 0 Å².